The zero-order valence-electron chi connectivity index (χ0n) is 14.7. The summed E-state index contributed by atoms with van der Waals surface area (Å²) in [4.78, 5) is 14.5. The number of hydrogen-bond donors (Lipinski definition) is 2. The van der Waals surface area contributed by atoms with Crippen LogP contribution in [-0.4, -0.2) is 42.5 Å². The molecule has 0 bridgehead atoms. The lowest BCUT2D eigenvalue weighted by molar-refractivity contribution is -0.122. The lowest BCUT2D eigenvalue weighted by atomic mass is 10.0. The normalized spacial score (nSPS) is 23.0. The number of rotatable bonds is 5. The highest BCUT2D eigenvalue weighted by atomic mass is 35.5. The van der Waals surface area contributed by atoms with Gasteiger partial charge in [-0.3, -0.25) is 9.69 Å². The third-order valence-electron chi connectivity index (χ3n) is 4.87. The maximum absolute atomic E-state index is 13.1. The molecule has 2 aliphatic rings. The van der Waals surface area contributed by atoms with Gasteiger partial charge < -0.3 is 10.6 Å². The number of amides is 1. The minimum absolute atomic E-state index is 0. The molecule has 2 saturated heterocycles. The molecule has 2 aliphatic heterocycles. The first kappa shape index (κ1) is 23.4. The first-order valence-corrected chi connectivity index (χ1v) is 9.17. The molecule has 3 rings (SSSR count). The summed E-state index contributed by atoms with van der Waals surface area (Å²) in [6, 6.07) is 5.06. The second-order valence-corrected chi connectivity index (χ2v) is 7.28. The number of halogens is 4. The van der Waals surface area contributed by atoms with Crippen molar-refractivity contribution >= 4 is 42.3 Å². The molecule has 1 aromatic rings. The topological polar surface area (TPSA) is 44.4 Å². The molecule has 0 saturated carbocycles. The maximum atomic E-state index is 13.1. The number of nitrogens with zero attached hydrogens (tertiary/aromatic N) is 1. The number of benzene rings is 1. The van der Waals surface area contributed by atoms with Gasteiger partial charge >= 0.3 is 0 Å². The Labute approximate surface area is 172 Å². The predicted molar refractivity (Wildman–Crippen MR) is 108 cm³/mol. The molecule has 148 valence electrons. The second kappa shape index (κ2) is 11.3. The van der Waals surface area contributed by atoms with Gasteiger partial charge in [0.05, 0.1) is 0 Å². The Morgan fingerprint density at radius 2 is 2.12 bits per heavy atom. The zero-order valence-corrected chi connectivity index (χ0v) is 17.1. The monoisotopic (exact) mass is 425 g/mol. The quantitative estimate of drug-likeness (QED) is 0.757. The molecule has 2 atom stereocenters. The van der Waals surface area contributed by atoms with Crippen molar-refractivity contribution < 1.29 is 9.18 Å². The van der Waals surface area contributed by atoms with Crippen molar-refractivity contribution in [3.05, 3.63) is 34.6 Å². The summed E-state index contributed by atoms with van der Waals surface area (Å²) in [5.74, 6) is -0.172. The lowest BCUT2D eigenvalue weighted by Crippen LogP contribution is -2.48. The second-order valence-electron chi connectivity index (χ2n) is 6.87. The van der Waals surface area contributed by atoms with E-state index in [1.165, 1.54) is 12.1 Å². The minimum atomic E-state index is -0.312. The summed E-state index contributed by atoms with van der Waals surface area (Å²) in [5.41, 5.74) is 0.931. The molecule has 1 amide bonds. The molecule has 4 nitrogen and oxygen atoms in total. The van der Waals surface area contributed by atoms with Crippen LogP contribution in [0.1, 0.15) is 37.7 Å². The highest BCUT2D eigenvalue weighted by molar-refractivity contribution is 6.31. The molecule has 2 N–H and O–H groups in total. The third kappa shape index (κ3) is 6.86. The van der Waals surface area contributed by atoms with Crippen LogP contribution in [0.2, 0.25) is 5.02 Å². The van der Waals surface area contributed by atoms with Gasteiger partial charge in [-0.05, 0) is 56.5 Å². The Hall–Kier alpha value is -0.590. The number of carbonyl (C=O) groups is 1. The van der Waals surface area contributed by atoms with E-state index in [0.717, 1.165) is 50.9 Å². The van der Waals surface area contributed by atoms with Crippen molar-refractivity contribution in [1.82, 2.24) is 15.5 Å². The van der Waals surface area contributed by atoms with Crippen LogP contribution in [0.3, 0.4) is 0 Å². The van der Waals surface area contributed by atoms with Crippen molar-refractivity contribution in [2.24, 2.45) is 0 Å². The summed E-state index contributed by atoms with van der Waals surface area (Å²) in [6.45, 7) is 3.51. The van der Waals surface area contributed by atoms with Crippen molar-refractivity contribution in [2.45, 2.75) is 50.7 Å². The highest BCUT2D eigenvalue weighted by Gasteiger charge is 2.24. The van der Waals surface area contributed by atoms with Crippen LogP contribution in [0, 0.1) is 5.82 Å². The van der Waals surface area contributed by atoms with Crippen LogP contribution < -0.4 is 10.6 Å². The summed E-state index contributed by atoms with van der Waals surface area (Å²) in [5, 5.41) is 7.00. The molecule has 1 aromatic carbocycles. The molecular weight excluding hydrogens is 400 g/mol. The third-order valence-corrected chi connectivity index (χ3v) is 5.23. The van der Waals surface area contributed by atoms with E-state index in [1.54, 1.807) is 6.07 Å². The van der Waals surface area contributed by atoms with Crippen LogP contribution in [0.25, 0.3) is 0 Å². The van der Waals surface area contributed by atoms with Crippen molar-refractivity contribution in [2.75, 3.05) is 19.6 Å². The number of hydrogen-bond acceptors (Lipinski definition) is 3. The average Bonchev–Trinajstić information content (AvgIpc) is 3.03. The summed E-state index contributed by atoms with van der Waals surface area (Å²) >= 11 is 6.12. The van der Waals surface area contributed by atoms with Crippen LogP contribution in [-0.2, 0) is 11.3 Å². The van der Waals surface area contributed by atoms with Crippen LogP contribution in [0.15, 0.2) is 18.2 Å². The van der Waals surface area contributed by atoms with Crippen molar-refractivity contribution in [1.29, 1.82) is 0 Å². The Morgan fingerprint density at radius 3 is 2.81 bits per heavy atom. The zero-order chi connectivity index (χ0) is 16.9. The maximum Gasteiger partial charge on any atom is 0.221 e. The standard InChI is InChI=1S/C18H25ClFN3O.2ClH/c19-17-9-14(20)6-5-13(17)11-23-8-2-4-16(12-23)22-18(24)10-15-3-1-7-21-15;;/h5-6,9,15-16,21H,1-4,7-8,10-12H2,(H,22,24);2*1H. The van der Waals surface area contributed by atoms with Gasteiger partial charge in [-0.15, -0.1) is 24.8 Å². The van der Waals surface area contributed by atoms with Gasteiger partial charge in [-0.2, -0.15) is 0 Å². The van der Waals surface area contributed by atoms with Crippen molar-refractivity contribution in [3.63, 3.8) is 0 Å². The summed E-state index contributed by atoms with van der Waals surface area (Å²) in [7, 11) is 0. The fourth-order valence-electron chi connectivity index (χ4n) is 3.65. The first-order chi connectivity index (χ1) is 11.6. The fraction of sp³-hybridized carbons (Fsp3) is 0.611. The van der Waals surface area contributed by atoms with E-state index in [1.807, 2.05) is 0 Å². The van der Waals surface area contributed by atoms with Gasteiger partial charge in [0.2, 0.25) is 5.91 Å². The van der Waals surface area contributed by atoms with Crippen molar-refractivity contribution in [3.8, 4) is 0 Å². The smallest absolute Gasteiger partial charge is 0.221 e. The Kier molecular flexibility index (Phi) is 10.2. The molecule has 0 radical (unpaired) electrons. The van der Waals surface area contributed by atoms with E-state index in [0.29, 0.717) is 24.0 Å². The van der Waals surface area contributed by atoms with Crippen LogP contribution in [0.4, 0.5) is 4.39 Å². The first-order valence-electron chi connectivity index (χ1n) is 8.79. The van der Waals surface area contributed by atoms with E-state index >= 15 is 0 Å². The minimum Gasteiger partial charge on any atom is -0.352 e. The van der Waals surface area contributed by atoms with E-state index in [2.05, 4.69) is 15.5 Å². The molecule has 26 heavy (non-hydrogen) atoms. The Balaban J connectivity index is 0.00000169. The van der Waals surface area contributed by atoms with E-state index < -0.39 is 0 Å². The number of piperidine rings is 1. The number of carbonyl (C=O) groups excluding carboxylic acids is 1. The van der Waals surface area contributed by atoms with Gasteiger partial charge in [0.1, 0.15) is 5.82 Å². The largest absolute Gasteiger partial charge is 0.352 e. The van der Waals surface area contributed by atoms with E-state index in [4.69, 9.17) is 11.6 Å². The lowest BCUT2D eigenvalue weighted by Gasteiger charge is -2.33. The molecule has 2 unspecified atom stereocenters. The van der Waals surface area contributed by atoms with E-state index in [9.17, 15) is 9.18 Å². The van der Waals surface area contributed by atoms with E-state index in [-0.39, 0.29) is 42.6 Å². The molecule has 2 fully saturated rings. The molecule has 0 aromatic heterocycles. The summed E-state index contributed by atoms with van der Waals surface area (Å²) in [6.07, 6.45) is 4.88. The van der Waals surface area contributed by atoms with Gasteiger partial charge in [0, 0.05) is 36.6 Å². The molecular formula is C18H27Cl3FN3O. The van der Waals surface area contributed by atoms with Gasteiger partial charge in [0.25, 0.3) is 0 Å². The molecule has 0 aliphatic carbocycles. The molecule has 0 spiro atoms. The number of likely N-dealkylation sites (tertiary alicyclic amines) is 1. The van der Waals surface area contributed by atoms with Gasteiger partial charge in [-0.1, -0.05) is 17.7 Å². The Bertz CT molecular complexity index is 585. The van der Waals surface area contributed by atoms with Crippen LogP contribution in [0.5, 0.6) is 0 Å². The predicted octanol–water partition coefficient (Wildman–Crippen LogP) is 3.55. The Morgan fingerprint density at radius 1 is 1.31 bits per heavy atom. The highest BCUT2D eigenvalue weighted by Crippen LogP contribution is 2.21. The van der Waals surface area contributed by atoms with Gasteiger partial charge in [-0.25, -0.2) is 4.39 Å². The van der Waals surface area contributed by atoms with Crippen LogP contribution >= 0.6 is 36.4 Å². The fourth-order valence-corrected chi connectivity index (χ4v) is 3.88. The average molecular weight is 427 g/mol. The van der Waals surface area contributed by atoms with Gasteiger partial charge in [0.15, 0.2) is 0 Å². The molecule has 2 heterocycles. The summed E-state index contributed by atoms with van der Waals surface area (Å²) < 4.78 is 13.1. The SMILES string of the molecule is Cl.Cl.O=C(CC1CCCN1)NC1CCCN(Cc2ccc(F)cc2Cl)C1. The molecule has 8 heteroatoms. The number of nitrogens with one attached hydrogen (secondary N) is 2.